The number of hydrogen-bond acceptors (Lipinski definition) is 3. The Morgan fingerprint density at radius 1 is 0.829 bits per heavy atom. The summed E-state index contributed by atoms with van der Waals surface area (Å²) < 4.78 is 75.1. The molecule has 1 fully saturated rings. The van der Waals surface area contributed by atoms with Crippen LogP contribution in [0.15, 0.2) is 53.4 Å². The first-order chi connectivity index (χ1) is 16.4. The van der Waals surface area contributed by atoms with Crippen LogP contribution in [0.1, 0.15) is 86.6 Å². The first kappa shape index (κ1) is 27.5. The second kappa shape index (κ2) is 10.5. The van der Waals surface area contributed by atoms with Gasteiger partial charge in [0, 0.05) is 6.61 Å². The molecular weight excluding hydrogens is 487 g/mol. The quantitative estimate of drug-likeness (QED) is 0.128. The van der Waals surface area contributed by atoms with Gasteiger partial charge in [-0.1, -0.05) is 64.2 Å². The molecule has 0 saturated heterocycles. The van der Waals surface area contributed by atoms with Crippen LogP contribution in [-0.4, -0.2) is 18.7 Å². The lowest BCUT2D eigenvalue weighted by Crippen LogP contribution is -2.21. The van der Waals surface area contributed by atoms with Gasteiger partial charge in [-0.3, -0.25) is 0 Å². The fourth-order valence-electron chi connectivity index (χ4n) is 4.34. The van der Waals surface area contributed by atoms with Crippen molar-refractivity contribution in [3.63, 3.8) is 0 Å². The van der Waals surface area contributed by atoms with Gasteiger partial charge in [-0.15, -0.1) is 0 Å². The monoisotopic (exact) mass is 520 g/mol. The molecule has 0 aromatic heterocycles. The second-order valence-electron chi connectivity index (χ2n) is 9.21. The van der Waals surface area contributed by atoms with Crippen LogP contribution in [-0.2, 0) is 4.74 Å². The van der Waals surface area contributed by atoms with Crippen LogP contribution in [0.3, 0.4) is 0 Å². The Morgan fingerprint density at radius 2 is 1.43 bits per heavy atom. The Kier molecular flexibility index (Phi) is 8.21. The summed E-state index contributed by atoms with van der Waals surface area (Å²) in [5.41, 5.74) is 1.34. The van der Waals surface area contributed by atoms with Gasteiger partial charge in [0.25, 0.3) is 0 Å². The van der Waals surface area contributed by atoms with E-state index < -0.39 is 21.1 Å². The number of carbonyl (C=O) groups excluding carboxylic acids is 1. The van der Waals surface area contributed by atoms with E-state index >= 15 is 0 Å². The number of hydrogen-bond donors (Lipinski definition) is 0. The van der Waals surface area contributed by atoms with Crippen LogP contribution in [0, 0.1) is 0 Å². The standard InChI is InChI=1S/C26H33F5O3S/c1-2-3-4-5-6-19-33-23-13-11-21(12-14-23)20-7-9-22(10-8-20)26(32)34-24-15-17-25(18-16-24)35(27,28,29,30)31/h7-10,15-18,21,23H,2-6,11-14,19H2,1H3/t21-,23-. The zero-order chi connectivity index (χ0) is 25.6. The average Bonchev–Trinajstić information content (AvgIpc) is 2.81. The molecule has 3 rings (SSSR count). The maximum absolute atomic E-state index is 12.8. The minimum absolute atomic E-state index is 0.222. The van der Waals surface area contributed by atoms with E-state index in [0.717, 1.165) is 44.3 Å². The normalized spacial score (nSPS) is 20.6. The molecule has 0 unspecified atom stereocenters. The van der Waals surface area contributed by atoms with Crippen LogP contribution < -0.4 is 4.74 Å². The van der Waals surface area contributed by atoms with Gasteiger partial charge in [-0.2, -0.15) is 0 Å². The Labute approximate surface area is 203 Å². The predicted molar refractivity (Wildman–Crippen MR) is 129 cm³/mol. The maximum atomic E-state index is 12.8. The first-order valence-corrected chi connectivity index (χ1v) is 14.1. The number of ether oxygens (including phenoxy) is 2. The summed E-state index contributed by atoms with van der Waals surface area (Å²) in [7, 11) is -9.76. The maximum Gasteiger partial charge on any atom is 0.343 e. The molecule has 0 spiro atoms. The van der Waals surface area contributed by atoms with Crippen LogP contribution in [0.4, 0.5) is 19.4 Å². The molecule has 9 heteroatoms. The fraction of sp³-hybridized carbons (Fsp3) is 0.500. The number of halogens is 5. The number of rotatable bonds is 11. The van der Waals surface area contributed by atoms with E-state index in [2.05, 4.69) is 6.92 Å². The van der Waals surface area contributed by atoms with Crippen LogP contribution in [0.25, 0.3) is 0 Å². The summed E-state index contributed by atoms with van der Waals surface area (Å²) in [5, 5.41) is 0. The minimum Gasteiger partial charge on any atom is -0.423 e. The number of carbonyl (C=O) groups is 1. The van der Waals surface area contributed by atoms with Gasteiger partial charge in [0.2, 0.25) is 0 Å². The summed E-state index contributed by atoms with van der Waals surface area (Å²) in [6.07, 6.45) is 10.4. The highest BCUT2D eigenvalue weighted by Gasteiger charge is 2.65. The Bertz CT molecular complexity index is 968. The molecule has 1 aliphatic rings. The van der Waals surface area contributed by atoms with E-state index in [4.69, 9.17) is 9.47 Å². The molecule has 2 aromatic rings. The van der Waals surface area contributed by atoms with Crippen molar-refractivity contribution in [1.82, 2.24) is 0 Å². The Morgan fingerprint density at radius 3 is 2.00 bits per heavy atom. The predicted octanol–water partition coefficient (Wildman–Crippen LogP) is 9.58. The molecule has 2 aromatic carbocycles. The van der Waals surface area contributed by atoms with E-state index in [1.807, 2.05) is 12.1 Å². The summed E-state index contributed by atoms with van der Waals surface area (Å²) in [5.74, 6) is -0.634. The van der Waals surface area contributed by atoms with Crippen molar-refractivity contribution < 1.29 is 33.7 Å². The van der Waals surface area contributed by atoms with Gasteiger partial charge < -0.3 is 9.47 Å². The lowest BCUT2D eigenvalue weighted by molar-refractivity contribution is 0.0226. The van der Waals surface area contributed by atoms with Crippen LogP contribution in [0.5, 0.6) is 5.75 Å². The molecule has 35 heavy (non-hydrogen) atoms. The highest BCUT2D eigenvalue weighted by Crippen LogP contribution is 3.02. The smallest absolute Gasteiger partial charge is 0.343 e. The number of esters is 1. The summed E-state index contributed by atoms with van der Waals surface area (Å²) in [6.45, 7) is 3.02. The summed E-state index contributed by atoms with van der Waals surface area (Å²) in [4.78, 5) is 10.3. The summed E-state index contributed by atoms with van der Waals surface area (Å²) >= 11 is 0. The molecule has 3 nitrogen and oxygen atoms in total. The first-order valence-electron chi connectivity index (χ1n) is 12.1. The van der Waals surface area contributed by atoms with Crippen molar-refractivity contribution in [3.05, 3.63) is 59.7 Å². The molecule has 1 saturated carbocycles. The van der Waals surface area contributed by atoms with Gasteiger partial charge in [0.05, 0.1) is 11.7 Å². The lowest BCUT2D eigenvalue weighted by atomic mass is 9.82. The van der Waals surface area contributed by atoms with Crippen molar-refractivity contribution in [2.45, 2.75) is 81.6 Å². The van der Waals surface area contributed by atoms with Crippen molar-refractivity contribution >= 4 is 16.2 Å². The molecule has 0 heterocycles. The zero-order valence-electron chi connectivity index (χ0n) is 19.9. The van der Waals surface area contributed by atoms with E-state index in [-0.39, 0.29) is 23.4 Å². The molecule has 0 aliphatic heterocycles. The molecule has 0 bridgehead atoms. The second-order valence-corrected chi connectivity index (χ2v) is 11.6. The Hall–Kier alpha value is -2.13. The summed E-state index contributed by atoms with van der Waals surface area (Å²) in [6, 6.07) is 8.80. The number of benzene rings is 2. The SMILES string of the molecule is CCCCCCCO[C@H]1CC[C@H](c2ccc(C(=O)Oc3ccc(S(F)(F)(F)(F)F)cc3)cc2)CC1. The molecule has 1 aliphatic carbocycles. The van der Waals surface area contributed by atoms with Crippen molar-refractivity contribution in [1.29, 1.82) is 0 Å². The van der Waals surface area contributed by atoms with E-state index in [0.29, 0.717) is 24.2 Å². The van der Waals surface area contributed by atoms with Gasteiger partial charge >= 0.3 is 16.2 Å². The third-order valence-corrected chi connectivity index (χ3v) is 7.54. The lowest BCUT2D eigenvalue weighted by Gasteiger charge is -2.40. The topological polar surface area (TPSA) is 35.5 Å². The molecule has 0 N–H and O–H groups in total. The largest absolute Gasteiger partial charge is 0.423 e. The van der Waals surface area contributed by atoms with E-state index in [9.17, 15) is 24.2 Å². The van der Waals surface area contributed by atoms with Crippen LogP contribution >= 0.6 is 10.2 Å². The minimum atomic E-state index is -9.76. The molecule has 196 valence electrons. The third-order valence-electron chi connectivity index (χ3n) is 6.37. The third kappa shape index (κ3) is 8.49. The zero-order valence-corrected chi connectivity index (χ0v) is 20.7. The van der Waals surface area contributed by atoms with Crippen molar-refractivity contribution in [3.8, 4) is 5.75 Å². The average molecular weight is 521 g/mol. The molecule has 0 amide bonds. The van der Waals surface area contributed by atoms with Crippen molar-refractivity contribution in [2.24, 2.45) is 0 Å². The van der Waals surface area contributed by atoms with Gasteiger partial charge in [-0.05, 0) is 80.0 Å². The number of unbranched alkanes of at least 4 members (excludes halogenated alkanes) is 4. The molecular formula is C26H33F5O3S. The highest BCUT2D eigenvalue weighted by atomic mass is 32.5. The fourth-order valence-corrected chi connectivity index (χ4v) is 4.99. The van der Waals surface area contributed by atoms with E-state index in [1.54, 1.807) is 12.1 Å². The van der Waals surface area contributed by atoms with Crippen molar-refractivity contribution in [2.75, 3.05) is 6.61 Å². The molecule has 0 atom stereocenters. The Balaban J connectivity index is 1.47. The van der Waals surface area contributed by atoms with Gasteiger partial charge in [-0.25, -0.2) is 4.79 Å². The van der Waals surface area contributed by atoms with Gasteiger partial charge in [0.15, 0.2) is 0 Å². The molecule has 0 radical (unpaired) electrons. The highest BCUT2D eigenvalue weighted by molar-refractivity contribution is 8.45. The van der Waals surface area contributed by atoms with E-state index in [1.165, 1.54) is 25.7 Å². The van der Waals surface area contributed by atoms with Crippen LogP contribution in [0.2, 0.25) is 0 Å². The van der Waals surface area contributed by atoms with Gasteiger partial charge in [0.1, 0.15) is 10.6 Å².